The Kier molecular flexibility index (Phi) is 6.75. The second kappa shape index (κ2) is 8.60. The largest absolute Gasteiger partial charge is 0.340 e. The van der Waals surface area contributed by atoms with E-state index in [1.165, 1.54) is 21.3 Å². The number of hydrogen-bond acceptors (Lipinski definition) is 3. The van der Waals surface area contributed by atoms with E-state index in [1.807, 2.05) is 30.3 Å². The van der Waals surface area contributed by atoms with Gasteiger partial charge in [-0.3, -0.25) is 4.79 Å². The fourth-order valence-electron chi connectivity index (χ4n) is 2.34. The van der Waals surface area contributed by atoms with Crippen LogP contribution < -0.4 is 0 Å². The normalized spacial score (nSPS) is 11.5. The number of benzene rings is 2. The van der Waals surface area contributed by atoms with E-state index in [0.29, 0.717) is 6.54 Å². The Bertz CT molecular complexity index is 808. The molecule has 0 saturated carbocycles. The van der Waals surface area contributed by atoms with Crippen LogP contribution in [0.2, 0.25) is 0 Å². The Morgan fingerprint density at radius 2 is 1.64 bits per heavy atom. The van der Waals surface area contributed by atoms with Crippen molar-refractivity contribution in [2.45, 2.75) is 18.4 Å². The molecule has 0 bridgehead atoms. The molecule has 0 aliphatic heterocycles. The van der Waals surface area contributed by atoms with Crippen molar-refractivity contribution in [2.24, 2.45) is 0 Å². The first-order valence-corrected chi connectivity index (χ1v) is 10.1. The lowest BCUT2D eigenvalue weighted by atomic mass is 10.2. The van der Waals surface area contributed by atoms with Gasteiger partial charge in [-0.2, -0.15) is 4.31 Å². The van der Waals surface area contributed by atoms with Crippen LogP contribution in [-0.2, 0) is 21.4 Å². The fraction of sp³-hybridized carbons (Fsp3) is 0.278. The molecule has 0 radical (unpaired) electrons. The summed E-state index contributed by atoms with van der Waals surface area (Å²) in [6.45, 7) is 2.21. The number of amides is 1. The van der Waals surface area contributed by atoms with Crippen molar-refractivity contribution in [2.75, 3.05) is 20.1 Å². The highest BCUT2D eigenvalue weighted by atomic mass is 79.9. The SMILES string of the molecule is CCN(CC(=O)N(C)Cc1ccccc1)S(=O)(=O)c1ccc(Br)cc1. The van der Waals surface area contributed by atoms with Gasteiger partial charge in [-0.05, 0) is 29.8 Å². The molecule has 2 rings (SSSR count). The van der Waals surface area contributed by atoms with Gasteiger partial charge >= 0.3 is 0 Å². The van der Waals surface area contributed by atoms with Gasteiger partial charge in [-0.1, -0.05) is 53.2 Å². The molecular formula is C18H21BrN2O3S. The highest BCUT2D eigenvalue weighted by Gasteiger charge is 2.26. The molecule has 134 valence electrons. The molecule has 0 spiro atoms. The quantitative estimate of drug-likeness (QED) is 0.685. The van der Waals surface area contributed by atoms with Crippen molar-refractivity contribution in [1.82, 2.24) is 9.21 Å². The molecule has 0 atom stereocenters. The molecule has 5 nitrogen and oxygen atoms in total. The lowest BCUT2D eigenvalue weighted by molar-refractivity contribution is -0.130. The van der Waals surface area contributed by atoms with Crippen LogP contribution >= 0.6 is 15.9 Å². The molecule has 7 heteroatoms. The smallest absolute Gasteiger partial charge is 0.243 e. The van der Waals surface area contributed by atoms with E-state index in [2.05, 4.69) is 15.9 Å². The molecule has 0 aromatic heterocycles. The van der Waals surface area contributed by atoms with E-state index in [4.69, 9.17) is 0 Å². The summed E-state index contributed by atoms with van der Waals surface area (Å²) >= 11 is 3.29. The minimum atomic E-state index is -3.70. The van der Waals surface area contributed by atoms with Gasteiger partial charge < -0.3 is 4.90 Å². The van der Waals surface area contributed by atoms with E-state index in [9.17, 15) is 13.2 Å². The molecule has 0 fully saturated rings. The molecule has 2 aromatic rings. The Morgan fingerprint density at radius 3 is 2.20 bits per heavy atom. The molecule has 0 unspecified atom stereocenters. The molecule has 0 N–H and O–H groups in total. The Morgan fingerprint density at radius 1 is 1.04 bits per heavy atom. The van der Waals surface area contributed by atoms with Crippen molar-refractivity contribution in [1.29, 1.82) is 0 Å². The van der Waals surface area contributed by atoms with Crippen LogP contribution in [0.4, 0.5) is 0 Å². The fourth-order valence-corrected chi connectivity index (χ4v) is 4.00. The van der Waals surface area contributed by atoms with Gasteiger partial charge in [0, 0.05) is 24.6 Å². The average Bonchev–Trinajstić information content (AvgIpc) is 2.60. The summed E-state index contributed by atoms with van der Waals surface area (Å²) in [4.78, 5) is 14.2. The Balaban J connectivity index is 2.09. The molecule has 0 saturated heterocycles. The molecule has 0 aliphatic rings. The van der Waals surface area contributed by atoms with Crippen LogP contribution in [0.3, 0.4) is 0 Å². The molecular weight excluding hydrogens is 404 g/mol. The third-order valence-electron chi connectivity index (χ3n) is 3.80. The van der Waals surface area contributed by atoms with Crippen molar-refractivity contribution in [3.8, 4) is 0 Å². The zero-order chi connectivity index (χ0) is 18.4. The topological polar surface area (TPSA) is 57.7 Å². The zero-order valence-electron chi connectivity index (χ0n) is 14.2. The Hall–Kier alpha value is -1.70. The van der Waals surface area contributed by atoms with Crippen LogP contribution in [0.1, 0.15) is 12.5 Å². The van der Waals surface area contributed by atoms with Gasteiger partial charge in [-0.25, -0.2) is 8.42 Å². The van der Waals surface area contributed by atoms with Crippen molar-refractivity contribution < 1.29 is 13.2 Å². The monoisotopic (exact) mass is 424 g/mol. The third kappa shape index (κ3) is 5.14. The minimum absolute atomic E-state index is 0.177. The van der Waals surface area contributed by atoms with E-state index in [1.54, 1.807) is 26.1 Å². The van der Waals surface area contributed by atoms with E-state index in [0.717, 1.165) is 10.0 Å². The third-order valence-corrected chi connectivity index (χ3v) is 6.27. The number of nitrogens with zero attached hydrogens (tertiary/aromatic N) is 2. The summed E-state index contributed by atoms with van der Waals surface area (Å²) in [6.07, 6.45) is 0. The molecule has 2 aromatic carbocycles. The van der Waals surface area contributed by atoms with E-state index >= 15 is 0 Å². The summed E-state index contributed by atoms with van der Waals surface area (Å²) in [7, 11) is -2.03. The molecule has 0 heterocycles. The second-order valence-corrected chi connectivity index (χ2v) is 8.47. The van der Waals surface area contributed by atoms with Gasteiger partial charge in [0.2, 0.25) is 15.9 Å². The maximum absolute atomic E-state index is 12.7. The van der Waals surface area contributed by atoms with Crippen LogP contribution in [0.25, 0.3) is 0 Å². The van der Waals surface area contributed by atoms with Crippen LogP contribution in [-0.4, -0.2) is 43.7 Å². The standard InChI is InChI=1S/C18H21BrN2O3S/c1-3-21(25(23,24)17-11-9-16(19)10-12-17)14-18(22)20(2)13-15-7-5-4-6-8-15/h4-12H,3,13-14H2,1-2H3. The maximum atomic E-state index is 12.7. The highest BCUT2D eigenvalue weighted by Crippen LogP contribution is 2.19. The maximum Gasteiger partial charge on any atom is 0.243 e. The zero-order valence-corrected chi connectivity index (χ0v) is 16.6. The number of carbonyl (C=O) groups is 1. The van der Waals surface area contributed by atoms with Crippen molar-refractivity contribution in [3.63, 3.8) is 0 Å². The first-order valence-electron chi connectivity index (χ1n) is 7.88. The first-order chi connectivity index (χ1) is 11.8. The summed E-state index contributed by atoms with van der Waals surface area (Å²) < 4.78 is 27.5. The van der Waals surface area contributed by atoms with Gasteiger partial charge in [0.05, 0.1) is 11.4 Å². The summed E-state index contributed by atoms with van der Waals surface area (Å²) in [5.74, 6) is -0.244. The van der Waals surface area contributed by atoms with E-state index < -0.39 is 10.0 Å². The van der Waals surface area contributed by atoms with Crippen LogP contribution in [0, 0.1) is 0 Å². The number of carbonyl (C=O) groups excluding carboxylic acids is 1. The summed E-state index contributed by atoms with van der Waals surface area (Å²) in [5.41, 5.74) is 0.997. The number of rotatable bonds is 7. The predicted octanol–water partition coefficient (Wildman–Crippen LogP) is 3.12. The number of likely N-dealkylation sites (N-methyl/N-ethyl adjacent to an activating group) is 2. The van der Waals surface area contributed by atoms with Crippen molar-refractivity contribution in [3.05, 3.63) is 64.6 Å². The van der Waals surface area contributed by atoms with Gasteiger partial charge in [0.1, 0.15) is 0 Å². The average molecular weight is 425 g/mol. The molecule has 0 aliphatic carbocycles. The molecule has 25 heavy (non-hydrogen) atoms. The number of hydrogen-bond donors (Lipinski definition) is 0. The van der Waals surface area contributed by atoms with Crippen molar-refractivity contribution >= 4 is 31.9 Å². The highest BCUT2D eigenvalue weighted by molar-refractivity contribution is 9.10. The van der Waals surface area contributed by atoms with Crippen LogP contribution in [0.5, 0.6) is 0 Å². The lowest BCUT2D eigenvalue weighted by Gasteiger charge is -2.24. The van der Waals surface area contributed by atoms with Gasteiger partial charge in [0.15, 0.2) is 0 Å². The lowest BCUT2D eigenvalue weighted by Crippen LogP contribution is -2.41. The van der Waals surface area contributed by atoms with Gasteiger partial charge in [0.25, 0.3) is 0 Å². The minimum Gasteiger partial charge on any atom is -0.340 e. The van der Waals surface area contributed by atoms with Gasteiger partial charge in [-0.15, -0.1) is 0 Å². The predicted molar refractivity (Wildman–Crippen MR) is 101 cm³/mol. The molecule has 1 amide bonds. The first kappa shape index (κ1) is 19.6. The van der Waals surface area contributed by atoms with E-state index in [-0.39, 0.29) is 23.9 Å². The number of halogens is 1. The summed E-state index contributed by atoms with van der Waals surface area (Å²) in [5, 5.41) is 0. The van der Waals surface area contributed by atoms with Crippen LogP contribution in [0.15, 0.2) is 64.0 Å². The Labute approximate surface area is 157 Å². The number of sulfonamides is 1. The summed E-state index contributed by atoms with van der Waals surface area (Å²) in [6, 6.07) is 16.0. The second-order valence-electron chi connectivity index (χ2n) is 5.62.